The third-order valence-corrected chi connectivity index (χ3v) is 4.33. The zero-order chi connectivity index (χ0) is 16.3. The molecule has 22 heavy (non-hydrogen) atoms. The average molecular weight is 371 g/mol. The second-order valence-corrected chi connectivity index (χ2v) is 6.00. The van der Waals surface area contributed by atoms with Crippen molar-refractivity contribution in [2.75, 3.05) is 13.2 Å². The summed E-state index contributed by atoms with van der Waals surface area (Å²) in [7, 11) is 0. The quantitative estimate of drug-likeness (QED) is 0.744. The molecule has 5 nitrogen and oxygen atoms in total. The lowest BCUT2D eigenvalue weighted by Gasteiger charge is -2.27. The summed E-state index contributed by atoms with van der Waals surface area (Å²) in [6.07, 6.45) is 0.0621. The minimum Gasteiger partial charge on any atom is -0.474 e. The Morgan fingerprint density at radius 3 is 2.59 bits per heavy atom. The predicted molar refractivity (Wildman–Crippen MR) is 83.8 cm³/mol. The van der Waals surface area contributed by atoms with E-state index >= 15 is 0 Å². The number of halogens is 1. The number of benzene rings is 1. The van der Waals surface area contributed by atoms with Crippen LogP contribution in [0.15, 0.2) is 22.7 Å². The molecule has 0 amide bonds. The third-order valence-electron chi connectivity index (χ3n) is 3.71. The molecule has 1 aromatic rings. The Morgan fingerprint density at radius 2 is 1.95 bits per heavy atom. The number of carbonyl (C=O) groups is 2. The first-order valence-electron chi connectivity index (χ1n) is 7.24. The summed E-state index contributed by atoms with van der Waals surface area (Å²) in [6, 6.07) is 5.53. The van der Waals surface area contributed by atoms with E-state index in [0.717, 1.165) is 10.0 Å². The van der Waals surface area contributed by atoms with Crippen LogP contribution < -0.4 is 4.74 Å². The van der Waals surface area contributed by atoms with Crippen LogP contribution in [0.5, 0.6) is 5.75 Å². The molecule has 6 heteroatoms. The zero-order valence-electron chi connectivity index (χ0n) is 12.8. The summed E-state index contributed by atoms with van der Waals surface area (Å²) in [4.78, 5) is 24.3. The van der Waals surface area contributed by atoms with E-state index in [4.69, 9.17) is 14.2 Å². The molecule has 0 unspecified atom stereocenters. The molecule has 1 aromatic carbocycles. The second kappa shape index (κ2) is 6.69. The van der Waals surface area contributed by atoms with Gasteiger partial charge >= 0.3 is 11.9 Å². The van der Waals surface area contributed by atoms with Gasteiger partial charge in [-0.15, -0.1) is 0 Å². The van der Waals surface area contributed by atoms with E-state index in [1.807, 2.05) is 18.2 Å². The molecule has 0 saturated heterocycles. The molecule has 0 N–H and O–H groups in total. The first-order valence-corrected chi connectivity index (χ1v) is 8.03. The Balaban J connectivity index is 2.40. The number of esters is 2. The molecule has 2 rings (SSSR count). The van der Waals surface area contributed by atoms with E-state index in [2.05, 4.69) is 15.9 Å². The monoisotopic (exact) mass is 370 g/mol. The fourth-order valence-electron chi connectivity index (χ4n) is 2.64. The number of fused-ring (bicyclic) bond motifs is 1. The molecule has 120 valence electrons. The Morgan fingerprint density at radius 1 is 1.27 bits per heavy atom. The standard InChI is InChI=1S/C16H19BrO5/c1-4-20-13(18)9-11-10-7-6-8-12(17)14(10)22-16(11,3)15(19)21-5-2/h6-8,11H,4-5,9H2,1-3H3/t11-,16-/m1/s1. The maximum atomic E-state index is 12.4. The summed E-state index contributed by atoms with van der Waals surface area (Å²) < 4.78 is 16.8. The molecule has 0 saturated carbocycles. The van der Waals surface area contributed by atoms with E-state index in [0.29, 0.717) is 12.4 Å². The number of hydrogen-bond acceptors (Lipinski definition) is 5. The van der Waals surface area contributed by atoms with Crippen molar-refractivity contribution in [2.24, 2.45) is 0 Å². The van der Waals surface area contributed by atoms with Crippen molar-refractivity contribution in [2.45, 2.75) is 38.7 Å². The van der Waals surface area contributed by atoms with Crippen LogP contribution in [0.3, 0.4) is 0 Å². The summed E-state index contributed by atoms with van der Waals surface area (Å²) in [5, 5.41) is 0. The van der Waals surface area contributed by atoms with Gasteiger partial charge in [-0.2, -0.15) is 0 Å². The van der Waals surface area contributed by atoms with Crippen molar-refractivity contribution in [3.8, 4) is 5.75 Å². The van der Waals surface area contributed by atoms with E-state index in [9.17, 15) is 9.59 Å². The van der Waals surface area contributed by atoms with Gasteiger partial charge in [-0.3, -0.25) is 4.79 Å². The Labute approximate surface area is 138 Å². The molecular formula is C16H19BrO5. The molecule has 1 aliphatic heterocycles. The molecule has 0 fully saturated rings. The lowest BCUT2D eigenvalue weighted by molar-refractivity contribution is -0.161. The highest BCUT2D eigenvalue weighted by atomic mass is 79.9. The maximum absolute atomic E-state index is 12.4. The molecule has 1 aliphatic rings. The van der Waals surface area contributed by atoms with E-state index < -0.39 is 17.5 Å². The van der Waals surface area contributed by atoms with Crippen LogP contribution in [0, 0.1) is 0 Å². The highest BCUT2D eigenvalue weighted by Crippen LogP contribution is 2.50. The largest absolute Gasteiger partial charge is 0.474 e. The molecule has 0 aromatic heterocycles. The van der Waals surface area contributed by atoms with E-state index in [1.165, 1.54) is 0 Å². The number of hydrogen-bond donors (Lipinski definition) is 0. The van der Waals surface area contributed by atoms with Crippen molar-refractivity contribution >= 4 is 27.9 Å². The molecule has 2 atom stereocenters. The minimum absolute atomic E-state index is 0.0621. The SMILES string of the molecule is CCOC(=O)C[C@@H]1c2cccc(Br)c2O[C@@]1(C)C(=O)OCC. The van der Waals surface area contributed by atoms with Crippen molar-refractivity contribution in [3.63, 3.8) is 0 Å². The lowest BCUT2D eigenvalue weighted by Crippen LogP contribution is -2.45. The summed E-state index contributed by atoms with van der Waals surface area (Å²) in [6.45, 7) is 5.69. The van der Waals surface area contributed by atoms with E-state index in [-0.39, 0.29) is 19.0 Å². The molecule has 0 radical (unpaired) electrons. The van der Waals surface area contributed by atoms with Gasteiger partial charge < -0.3 is 14.2 Å². The van der Waals surface area contributed by atoms with Gasteiger partial charge in [0.1, 0.15) is 5.75 Å². The van der Waals surface area contributed by atoms with Gasteiger partial charge in [0.25, 0.3) is 0 Å². The molecule has 0 aliphatic carbocycles. The smallest absolute Gasteiger partial charge is 0.350 e. The van der Waals surface area contributed by atoms with E-state index in [1.54, 1.807) is 20.8 Å². The third kappa shape index (κ3) is 2.97. The van der Waals surface area contributed by atoms with Crippen molar-refractivity contribution < 1.29 is 23.8 Å². The van der Waals surface area contributed by atoms with Crippen LogP contribution in [0.4, 0.5) is 0 Å². The summed E-state index contributed by atoms with van der Waals surface area (Å²) >= 11 is 3.42. The summed E-state index contributed by atoms with van der Waals surface area (Å²) in [5.41, 5.74) is -0.437. The maximum Gasteiger partial charge on any atom is 0.350 e. The van der Waals surface area contributed by atoms with Crippen LogP contribution in [-0.2, 0) is 19.1 Å². The number of ether oxygens (including phenoxy) is 3. The van der Waals surface area contributed by atoms with Gasteiger partial charge in [0.15, 0.2) is 0 Å². The predicted octanol–water partition coefficient (Wildman–Crippen LogP) is 3.20. The van der Waals surface area contributed by atoms with Gasteiger partial charge in [-0.25, -0.2) is 4.79 Å². The number of rotatable bonds is 5. The molecule has 0 bridgehead atoms. The second-order valence-electron chi connectivity index (χ2n) is 5.15. The van der Waals surface area contributed by atoms with Crippen LogP contribution >= 0.6 is 15.9 Å². The number of carbonyl (C=O) groups excluding carboxylic acids is 2. The highest BCUT2D eigenvalue weighted by molar-refractivity contribution is 9.10. The zero-order valence-corrected chi connectivity index (χ0v) is 14.4. The first-order chi connectivity index (χ1) is 10.4. The Bertz CT molecular complexity index is 586. The summed E-state index contributed by atoms with van der Waals surface area (Å²) in [5.74, 6) is -0.711. The fourth-order valence-corrected chi connectivity index (χ4v) is 3.10. The van der Waals surface area contributed by atoms with Crippen LogP contribution in [0.25, 0.3) is 0 Å². The van der Waals surface area contributed by atoms with Crippen molar-refractivity contribution in [3.05, 3.63) is 28.2 Å². The molecule has 0 spiro atoms. The normalized spacial score (nSPS) is 22.6. The fraction of sp³-hybridized carbons (Fsp3) is 0.500. The van der Waals surface area contributed by atoms with Gasteiger partial charge in [0.2, 0.25) is 5.60 Å². The molecule has 1 heterocycles. The Hall–Kier alpha value is -1.56. The number of para-hydroxylation sites is 1. The van der Waals surface area contributed by atoms with Crippen molar-refractivity contribution in [1.82, 2.24) is 0 Å². The van der Waals surface area contributed by atoms with Crippen LogP contribution in [0.1, 0.15) is 38.7 Å². The van der Waals surface area contributed by atoms with Gasteiger partial charge in [0.05, 0.1) is 24.1 Å². The topological polar surface area (TPSA) is 61.8 Å². The van der Waals surface area contributed by atoms with Crippen LogP contribution in [-0.4, -0.2) is 30.8 Å². The van der Waals surface area contributed by atoms with Gasteiger partial charge in [-0.1, -0.05) is 12.1 Å². The molecular weight excluding hydrogens is 352 g/mol. The Kier molecular flexibility index (Phi) is 5.11. The average Bonchev–Trinajstić information content (AvgIpc) is 2.75. The lowest BCUT2D eigenvalue weighted by atomic mass is 9.83. The highest BCUT2D eigenvalue weighted by Gasteiger charge is 2.53. The van der Waals surface area contributed by atoms with Crippen LogP contribution in [0.2, 0.25) is 0 Å². The van der Waals surface area contributed by atoms with Gasteiger partial charge in [-0.05, 0) is 42.8 Å². The van der Waals surface area contributed by atoms with Gasteiger partial charge in [0, 0.05) is 11.5 Å². The first kappa shape index (κ1) is 16.8. The van der Waals surface area contributed by atoms with Crippen molar-refractivity contribution in [1.29, 1.82) is 0 Å². The minimum atomic E-state index is -1.24.